The van der Waals surface area contributed by atoms with Crippen molar-refractivity contribution < 1.29 is 18.0 Å². The van der Waals surface area contributed by atoms with Crippen LogP contribution in [0.1, 0.15) is 32.6 Å². The number of guanidine groups is 1. The molecule has 1 amide bonds. The molecule has 0 saturated carbocycles. The number of carbonyl (C=O) groups is 1. The van der Waals surface area contributed by atoms with Crippen LogP contribution >= 0.6 is 24.0 Å². The molecule has 27 heavy (non-hydrogen) atoms. The second-order valence-corrected chi connectivity index (χ2v) is 6.93. The van der Waals surface area contributed by atoms with Crippen molar-refractivity contribution in [3.63, 3.8) is 0 Å². The summed E-state index contributed by atoms with van der Waals surface area (Å²) in [5.74, 6) is 0.957. The Morgan fingerprint density at radius 3 is 2.30 bits per heavy atom. The number of hydrogen-bond donors (Lipinski definition) is 2. The Morgan fingerprint density at radius 2 is 1.78 bits per heavy atom. The van der Waals surface area contributed by atoms with Gasteiger partial charge in [-0.1, -0.05) is 6.92 Å². The van der Waals surface area contributed by atoms with Crippen molar-refractivity contribution in [3.8, 4) is 0 Å². The van der Waals surface area contributed by atoms with Gasteiger partial charge in [-0.05, 0) is 44.7 Å². The lowest BCUT2D eigenvalue weighted by Crippen LogP contribution is -2.42. The average molecular weight is 507 g/mol. The molecule has 10 heteroatoms. The van der Waals surface area contributed by atoms with Crippen molar-refractivity contribution in [1.82, 2.24) is 20.4 Å². The standard InChI is InChI=1S/C17H32F3N5O.HI/c1-4-8-21-16(23-12-15(26)24(2)3)22-9-5-14-6-10-25(11-7-14)13-17(18,19)20;/h14H,4-13H2,1-3H3,(H2,21,22,23);1H. The molecule has 1 saturated heterocycles. The molecule has 0 aliphatic carbocycles. The van der Waals surface area contributed by atoms with Gasteiger partial charge in [0.1, 0.15) is 6.54 Å². The number of piperidine rings is 1. The van der Waals surface area contributed by atoms with Crippen molar-refractivity contribution in [1.29, 1.82) is 0 Å². The number of likely N-dealkylation sites (tertiary alicyclic amines) is 1. The van der Waals surface area contributed by atoms with Crippen molar-refractivity contribution in [2.75, 3.05) is 53.4 Å². The molecule has 0 aromatic heterocycles. The smallest absolute Gasteiger partial charge is 0.356 e. The van der Waals surface area contributed by atoms with Gasteiger partial charge >= 0.3 is 6.18 Å². The Hall–Kier alpha value is -0.780. The van der Waals surface area contributed by atoms with E-state index in [1.165, 1.54) is 9.80 Å². The highest BCUT2D eigenvalue weighted by Gasteiger charge is 2.32. The predicted octanol–water partition coefficient (Wildman–Crippen LogP) is 2.30. The van der Waals surface area contributed by atoms with Crippen LogP contribution < -0.4 is 10.6 Å². The fourth-order valence-electron chi connectivity index (χ4n) is 2.79. The van der Waals surface area contributed by atoms with E-state index in [1.807, 2.05) is 6.92 Å². The number of amides is 1. The summed E-state index contributed by atoms with van der Waals surface area (Å²) in [6.45, 7) is 3.77. The molecule has 1 aliphatic rings. The molecule has 2 N–H and O–H groups in total. The summed E-state index contributed by atoms with van der Waals surface area (Å²) in [4.78, 5) is 18.9. The lowest BCUT2D eigenvalue weighted by Gasteiger charge is -2.32. The molecule has 6 nitrogen and oxygen atoms in total. The number of likely N-dealkylation sites (N-methyl/N-ethyl adjacent to an activating group) is 1. The van der Waals surface area contributed by atoms with Crippen LogP contribution in [0.15, 0.2) is 4.99 Å². The number of halogens is 4. The molecular formula is C17H33F3IN5O. The summed E-state index contributed by atoms with van der Waals surface area (Å²) >= 11 is 0. The molecule has 0 spiro atoms. The molecule has 1 aliphatic heterocycles. The maximum absolute atomic E-state index is 12.4. The molecule has 0 radical (unpaired) electrons. The van der Waals surface area contributed by atoms with E-state index < -0.39 is 12.7 Å². The van der Waals surface area contributed by atoms with Crippen LogP contribution in [-0.4, -0.2) is 81.2 Å². The molecule has 0 aromatic carbocycles. The highest BCUT2D eigenvalue weighted by molar-refractivity contribution is 14.0. The number of aliphatic imine (C=N–C) groups is 1. The van der Waals surface area contributed by atoms with E-state index >= 15 is 0 Å². The van der Waals surface area contributed by atoms with Crippen LogP contribution in [0, 0.1) is 5.92 Å². The van der Waals surface area contributed by atoms with Gasteiger partial charge in [0.15, 0.2) is 5.96 Å². The minimum absolute atomic E-state index is 0. The Balaban J connectivity index is 0.00000676. The molecule has 160 valence electrons. The number of alkyl halides is 3. The molecule has 1 heterocycles. The highest BCUT2D eigenvalue weighted by atomic mass is 127. The third-order valence-electron chi connectivity index (χ3n) is 4.37. The van der Waals surface area contributed by atoms with Crippen LogP contribution in [0.3, 0.4) is 0 Å². The summed E-state index contributed by atoms with van der Waals surface area (Å²) < 4.78 is 37.2. The Bertz CT molecular complexity index is 452. The van der Waals surface area contributed by atoms with Gasteiger partial charge in [0.05, 0.1) is 6.54 Å². The lowest BCUT2D eigenvalue weighted by atomic mass is 9.93. The summed E-state index contributed by atoms with van der Waals surface area (Å²) in [7, 11) is 3.38. The quantitative estimate of drug-likeness (QED) is 0.301. The van der Waals surface area contributed by atoms with Crippen molar-refractivity contribution >= 4 is 35.8 Å². The normalized spacial score (nSPS) is 16.6. The van der Waals surface area contributed by atoms with Gasteiger partial charge in [-0.25, -0.2) is 4.99 Å². The maximum atomic E-state index is 12.4. The van der Waals surface area contributed by atoms with Crippen LogP contribution in [-0.2, 0) is 4.79 Å². The zero-order chi connectivity index (χ0) is 19.6. The van der Waals surface area contributed by atoms with Gasteiger partial charge in [0.2, 0.25) is 5.91 Å². The first-order valence-electron chi connectivity index (χ1n) is 9.22. The van der Waals surface area contributed by atoms with Crippen LogP contribution in [0.2, 0.25) is 0 Å². The average Bonchev–Trinajstić information content (AvgIpc) is 2.56. The minimum atomic E-state index is -4.12. The second kappa shape index (κ2) is 13.4. The van der Waals surface area contributed by atoms with E-state index in [2.05, 4.69) is 15.6 Å². The lowest BCUT2D eigenvalue weighted by molar-refractivity contribution is -0.148. The van der Waals surface area contributed by atoms with E-state index in [4.69, 9.17) is 0 Å². The third-order valence-corrected chi connectivity index (χ3v) is 4.37. The number of carbonyl (C=O) groups excluding carboxylic acids is 1. The molecule has 0 atom stereocenters. The largest absolute Gasteiger partial charge is 0.401 e. The zero-order valence-electron chi connectivity index (χ0n) is 16.4. The van der Waals surface area contributed by atoms with E-state index in [1.54, 1.807) is 14.1 Å². The van der Waals surface area contributed by atoms with Crippen LogP contribution in [0.5, 0.6) is 0 Å². The Labute approximate surface area is 177 Å². The third kappa shape index (κ3) is 12.3. The first-order chi connectivity index (χ1) is 12.2. The highest BCUT2D eigenvalue weighted by Crippen LogP contribution is 2.23. The second-order valence-electron chi connectivity index (χ2n) is 6.93. The number of nitrogens with one attached hydrogen (secondary N) is 2. The predicted molar refractivity (Wildman–Crippen MR) is 113 cm³/mol. The first-order valence-corrected chi connectivity index (χ1v) is 9.22. The van der Waals surface area contributed by atoms with Crippen LogP contribution in [0.25, 0.3) is 0 Å². The van der Waals surface area contributed by atoms with E-state index in [0.29, 0.717) is 31.5 Å². The summed E-state index contributed by atoms with van der Waals surface area (Å²) in [5, 5.41) is 6.39. The Morgan fingerprint density at radius 1 is 1.19 bits per heavy atom. The monoisotopic (exact) mass is 507 g/mol. The van der Waals surface area contributed by atoms with Crippen molar-refractivity contribution in [2.24, 2.45) is 10.9 Å². The van der Waals surface area contributed by atoms with Crippen LogP contribution in [0.4, 0.5) is 13.2 Å². The minimum Gasteiger partial charge on any atom is -0.356 e. The fourth-order valence-corrected chi connectivity index (χ4v) is 2.79. The first kappa shape index (κ1) is 26.2. The molecular weight excluding hydrogens is 474 g/mol. The molecule has 1 rings (SSSR count). The van der Waals surface area contributed by atoms with Gasteiger partial charge in [0, 0.05) is 27.2 Å². The number of nitrogens with zero attached hydrogens (tertiary/aromatic N) is 3. The molecule has 0 unspecified atom stereocenters. The summed E-state index contributed by atoms with van der Waals surface area (Å²) in [5.41, 5.74) is 0. The maximum Gasteiger partial charge on any atom is 0.401 e. The molecule has 0 aromatic rings. The van der Waals surface area contributed by atoms with Gasteiger partial charge in [-0.15, -0.1) is 24.0 Å². The van der Waals surface area contributed by atoms with E-state index in [-0.39, 0.29) is 36.4 Å². The molecule has 1 fully saturated rings. The number of hydrogen-bond acceptors (Lipinski definition) is 3. The van der Waals surface area contributed by atoms with E-state index in [0.717, 1.165) is 32.2 Å². The topological polar surface area (TPSA) is 60.0 Å². The van der Waals surface area contributed by atoms with Gasteiger partial charge in [0.25, 0.3) is 0 Å². The summed E-state index contributed by atoms with van der Waals surface area (Å²) in [6, 6.07) is 0. The molecule has 0 bridgehead atoms. The fraction of sp³-hybridized carbons (Fsp3) is 0.882. The van der Waals surface area contributed by atoms with Gasteiger partial charge < -0.3 is 15.5 Å². The Kier molecular flexibility index (Phi) is 13.0. The zero-order valence-corrected chi connectivity index (χ0v) is 18.8. The van der Waals surface area contributed by atoms with Gasteiger partial charge in [-0.2, -0.15) is 13.2 Å². The van der Waals surface area contributed by atoms with Crippen molar-refractivity contribution in [3.05, 3.63) is 0 Å². The number of rotatable bonds is 8. The van der Waals surface area contributed by atoms with Crippen molar-refractivity contribution in [2.45, 2.75) is 38.8 Å². The summed E-state index contributed by atoms with van der Waals surface area (Å²) in [6.07, 6.45) is -0.722. The van der Waals surface area contributed by atoms with E-state index in [9.17, 15) is 18.0 Å². The SMILES string of the molecule is CCCNC(=NCC(=O)N(C)C)NCCC1CCN(CC(F)(F)F)CC1.I. The van der Waals surface area contributed by atoms with Gasteiger partial charge in [-0.3, -0.25) is 9.69 Å².